The Bertz CT molecular complexity index is 712. The minimum absolute atomic E-state index is 0.171. The highest BCUT2D eigenvalue weighted by Crippen LogP contribution is 2.16. The number of hydrogen-bond acceptors (Lipinski definition) is 3. The summed E-state index contributed by atoms with van der Waals surface area (Å²) in [5, 5.41) is 3.30. The summed E-state index contributed by atoms with van der Waals surface area (Å²) in [6.45, 7) is 2.15. The number of rotatable bonds is 4. The number of imide groups is 1. The third kappa shape index (κ3) is 2.58. The summed E-state index contributed by atoms with van der Waals surface area (Å²) in [7, 11) is 0. The molecule has 0 saturated carbocycles. The van der Waals surface area contributed by atoms with E-state index in [4.69, 9.17) is 11.6 Å². The lowest BCUT2D eigenvalue weighted by Gasteiger charge is -2.10. The molecule has 21 heavy (non-hydrogen) atoms. The standard InChI is InChI=1S/C14H15ClN4O2/c1-2-3-11-13(20)19(14(21)17-11)8-10-7-18-6-9(15)4-5-12(18)16-10/h4-7,11H,2-3,8H2,1H3,(H,17,21)/t11-/m0/s1. The zero-order valence-corrected chi connectivity index (χ0v) is 12.3. The first kappa shape index (κ1) is 13.9. The molecule has 0 spiro atoms. The van der Waals surface area contributed by atoms with Crippen LogP contribution in [0.15, 0.2) is 24.5 Å². The topological polar surface area (TPSA) is 66.7 Å². The van der Waals surface area contributed by atoms with Crippen molar-refractivity contribution >= 4 is 29.2 Å². The minimum atomic E-state index is -0.408. The van der Waals surface area contributed by atoms with E-state index in [0.717, 1.165) is 12.1 Å². The number of pyridine rings is 1. The van der Waals surface area contributed by atoms with Crippen molar-refractivity contribution in [1.82, 2.24) is 19.6 Å². The first-order valence-electron chi connectivity index (χ1n) is 6.83. The number of amides is 3. The van der Waals surface area contributed by atoms with Crippen LogP contribution in [-0.4, -0.2) is 32.3 Å². The normalized spacial score (nSPS) is 18.6. The summed E-state index contributed by atoms with van der Waals surface area (Å²) < 4.78 is 1.78. The second-order valence-corrected chi connectivity index (χ2v) is 5.50. The van der Waals surface area contributed by atoms with E-state index in [-0.39, 0.29) is 18.5 Å². The van der Waals surface area contributed by atoms with E-state index in [0.29, 0.717) is 17.1 Å². The van der Waals surface area contributed by atoms with E-state index >= 15 is 0 Å². The van der Waals surface area contributed by atoms with E-state index < -0.39 is 6.04 Å². The molecule has 0 aliphatic carbocycles. The number of nitrogens with one attached hydrogen (secondary N) is 1. The fourth-order valence-electron chi connectivity index (χ4n) is 2.47. The van der Waals surface area contributed by atoms with E-state index in [2.05, 4.69) is 10.3 Å². The number of aromatic nitrogens is 2. The number of imidazole rings is 1. The summed E-state index contributed by atoms with van der Waals surface area (Å²) in [6.07, 6.45) is 5.01. The highest BCUT2D eigenvalue weighted by molar-refractivity contribution is 6.30. The molecular formula is C14H15ClN4O2. The van der Waals surface area contributed by atoms with Crippen molar-refractivity contribution in [3.05, 3.63) is 35.2 Å². The molecule has 0 aromatic carbocycles. The lowest BCUT2D eigenvalue weighted by atomic mass is 10.2. The summed E-state index contributed by atoms with van der Waals surface area (Å²) in [6, 6.07) is 2.78. The maximum absolute atomic E-state index is 12.2. The molecule has 2 aromatic heterocycles. The van der Waals surface area contributed by atoms with Gasteiger partial charge in [0.15, 0.2) is 0 Å². The molecule has 1 aliphatic heterocycles. The van der Waals surface area contributed by atoms with Gasteiger partial charge in [0.2, 0.25) is 0 Å². The van der Waals surface area contributed by atoms with Crippen molar-refractivity contribution in [2.45, 2.75) is 32.4 Å². The Morgan fingerprint density at radius 2 is 2.14 bits per heavy atom. The molecule has 2 aromatic rings. The van der Waals surface area contributed by atoms with Gasteiger partial charge in [0, 0.05) is 12.4 Å². The number of urea groups is 1. The number of nitrogens with zero attached hydrogens (tertiary/aromatic N) is 3. The first-order valence-corrected chi connectivity index (χ1v) is 7.21. The third-order valence-electron chi connectivity index (χ3n) is 3.47. The molecule has 0 radical (unpaired) electrons. The Morgan fingerprint density at radius 1 is 1.33 bits per heavy atom. The molecule has 0 unspecified atom stereocenters. The van der Waals surface area contributed by atoms with Crippen molar-refractivity contribution in [1.29, 1.82) is 0 Å². The van der Waals surface area contributed by atoms with E-state index in [1.807, 2.05) is 6.92 Å². The number of halogens is 1. The van der Waals surface area contributed by atoms with Crippen LogP contribution in [-0.2, 0) is 11.3 Å². The van der Waals surface area contributed by atoms with Crippen LogP contribution in [0.2, 0.25) is 5.02 Å². The van der Waals surface area contributed by atoms with Gasteiger partial charge in [0.1, 0.15) is 11.7 Å². The lowest BCUT2D eigenvalue weighted by Crippen LogP contribution is -2.31. The number of fused-ring (bicyclic) bond motifs is 1. The Kier molecular flexibility index (Phi) is 3.55. The monoisotopic (exact) mass is 306 g/mol. The predicted octanol–water partition coefficient (Wildman–Crippen LogP) is 2.21. The quantitative estimate of drug-likeness (QED) is 0.881. The molecule has 1 N–H and O–H groups in total. The van der Waals surface area contributed by atoms with Crippen LogP contribution in [0.1, 0.15) is 25.5 Å². The summed E-state index contributed by atoms with van der Waals surface area (Å²) in [4.78, 5) is 29.6. The van der Waals surface area contributed by atoms with Crippen LogP contribution >= 0.6 is 11.6 Å². The minimum Gasteiger partial charge on any atom is -0.326 e. The fourth-order valence-corrected chi connectivity index (χ4v) is 2.63. The van der Waals surface area contributed by atoms with Crippen LogP contribution in [0.5, 0.6) is 0 Å². The first-order chi connectivity index (χ1) is 10.1. The SMILES string of the molecule is CCC[C@@H]1NC(=O)N(Cc2cn3cc(Cl)ccc3n2)C1=O. The highest BCUT2D eigenvalue weighted by atomic mass is 35.5. The third-order valence-corrected chi connectivity index (χ3v) is 3.69. The van der Waals surface area contributed by atoms with Gasteiger partial charge in [-0.25, -0.2) is 9.78 Å². The second-order valence-electron chi connectivity index (χ2n) is 5.06. The maximum Gasteiger partial charge on any atom is 0.325 e. The largest absolute Gasteiger partial charge is 0.326 e. The molecule has 3 rings (SSSR count). The molecule has 1 fully saturated rings. The second kappa shape index (κ2) is 5.37. The number of carbonyl (C=O) groups is 2. The van der Waals surface area contributed by atoms with Gasteiger partial charge in [-0.2, -0.15) is 0 Å². The van der Waals surface area contributed by atoms with E-state index in [9.17, 15) is 9.59 Å². The molecule has 6 nitrogen and oxygen atoms in total. The summed E-state index contributed by atoms with van der Waals surface area (Å²) in [5.41, 5.74) is 1.38. The van der Waals surface area contributed by atoms with Gasteiger partial charge in [-0.15, -0.1) is 0 Å². The van der Waals surface area contributed by atoms with Crippen LogP contribution < -0.4 is 5.32 Å². The van der Waals surface area contributed by atoms with Crippen molar-refractivity contribution in [2.24, 2.45) is 0 Å². The zero-order valence-electron chi connectivity index (χ0n) is 11.5. The van der Waals surface area contributed by atoms with Crippen molar-refractivity contribution in [3.8, 4) is 0 Å². The van der Waals surface area contributed by atoms with Gasteiger partial charge in [-0.3, -0.25) is 9.69 Å². The Hall–Kier alpha value is -2.08. The smallest absolute Gasteiger partial charge is 0.325 e. The van der Waals surface area contributed by atoms with Gasteiger partial charge in [0.05, 0.1) is 17.3 Å². The van der Waals surface area contributed by atoms with Gasteiger partial charge in [0.25, 0.3) is 5.91 Å². The van der Waals surface area contributed by atoms with Gasteiger partial charge < -0.3 is 9.72 Å². The van der Waals surface area contributed by atoms with Crippen LogP contribution in [0.25, 0.3) is 5.65 Å². The Labute approximate surface area is 126 Å². The maximum atomic E-state index is 12.2. The van der Waals surface area contributed by atoms with Crippen LogP contribution in [0.4, 0.5) is 4.79 Å². The zero-order chi connectivity index (χ0) is 15.0. The number of carbonyl (C=O) groups excluding carboxylic acids is 2. The molecule has 3 amide bonds. The molecule has 0 bridgehead atoms. The van der Waals surface area contributed by atoms with Gasteiger partial charge in [-0.05, 0) is 18.6 Å². The average Bonchev–Trinajstić information content (AvgIpc) is 2.95. The summed E-state index contributed by atoms with van der Waals surface area (Å²) in [5.74, 6) is -0.183. The number of hydrogen-bond donors (Lipinski definition) is 1. The van der Waals surface area contributed by atoms with Crippen molar-refractivity contribution < 1.29 is 9.59 Å². The van der Waals surface area contributed by atoms with Crippen molar-refractivity contribution in [3.63, 3.8) is 0 Å². The van der Waals surface area contributed by atoms with Gasteiger partial charge >= 0.3 is 6.03 Å². The van der Waals surface area contributed by atoms with E-state index in [1.165, 1.54) is 4.90 Å². The molecule has 7 heteroatoms. The molecule has 3 heterocycles. The predicted molar refractivity (Wildman–Crippen MR) is 78.0 cm³/mol. The molecule has 1 saturated heterocycles. The van der Waals surface area contributed by atoms with Gasteiger partial charge in [-0.1, -0.05) is 24.9 Å². The average molecular weight is 307 g/mol. The van der Waals surface area contributed by atoms with Crippen molar-refractivity contribution in [2.75, 3.05) is 0 Å². The van der Waals surface area contributed by atoms with Crippen LogP contribution in [0.3, 0.4) is 0 Å². The lowest BCUT2D eigenvalue weighted by molar-refractivity contribution is -0.128. The molecule has 110 valence electrons. The summed E-state index contributed by atoms with van der Waals surface area (Å²) >= 11 is 5.92. The molecule has 1 atom stereocenters. The molecule has 1 aliphatic rings. The molecular weight excluding hydrogens is 292 g/mol. The Morgan fingerprint density at radius 3 is 2.90 bits per heavy atom. The van der Waals surface area contributed by atoms with E-state index in [1.54, 1.807) is 28.9 Å². The van der Waals surface area contributed by atoms with Crippen LogP contribution in [0, 0.1) is 0 Å². The fraction of sp³-hybridized carbons (Fsp3) is 0.357. The highest BCUT2D eigenvalue weighted by Gasteiger charge is 2.37. The Balaban J connectivity index is 1.81.